The number of rotatable bonds is 4. The van der Waals surface area contributed by atoms with E-state index in [4.69, 9.17) is 5.73 Å². The van der Waals surface area contributed by atoms with E-state index in [-0.39, 0.29) is 16.7 Å². The van der Waals surface area contributed by atoms with Crippen LogP contribution in [0.4, 0.5) is 13.2 Å². The highest BCUT2D eigenvalue weighted by Crippen LogP contribution is 2.39. The predicted octanol–water partition coefficient (Wildman–Crippen LogP) is 4.13. The third-order valence-electron chi connectivity index (χ3n) is 3.54. The molecule has 5 heteroatoms. The van der Waals surface area contributed by atoms with Gasteiger partial charge in [-0.05, 0) is 79.6 Å². The quantitative estimate of drug-likeness (QED) is 0.843. The van der Waals surface area contributed by atoms with Gasteiger partial charge >= 0.3 is 5.51 Å². The number of alkyl halides is 3. The van der Waals surface area contributed by atoms with E-state index in [1.807, 2.05) is 13.0 Å². The summed E-state index contributed by atoms with van der Waals surface area (Å²) in [5.74, 6) is 1.19. The van der Waals surface area contributed by atoms with Crippen LogP contribution in [0.15, 0.2) is 23.1 Å². The molecular formula is C14H18F3NS. The molecule has 1 aliphatic rings. The normalized spacial score (nSPS) is 23.2. The molecule has 0 heterocycles. The molecule has 0 saturated heterocycles. The Balaban J connectivity index is 2.01. The maximum Gasteiger partial charge on any atom is 0.446 e. The molecule has 1 fully saturated rings. The van der Waals surface area contributed by atoms with Crippen molar-refractivity contribution < 1.29 is 13.2 Å². The van der Waals surface area contributed by atoms with Crippen molar-refractivity contribution in [2.45, 2.75) is 36.6 Å². The van der Waals surface area contributed by atoms with E-state index in [1.54, 1.807) is 12.1 Å². The molecule has 0 atom stereocenters. The second kappa shape index (κ2) is 5.75. The highest BCUT2D eigenvalue weighted by atomic mass is 32.2. The minimum atomic E-state index is -4.22. The second-order valence-electron chi connectivity index (χ2n) is 5.35. The summed E-state index contributed by atoms with van der Waals surface area (Å²) in [7, 11) is 0. The van der Waals surface area contributed by atoms with E-state index in [9.17, 15) is 13.2 Å². The number of nitrogens with two attached hydrogens (primary N) is 1. The Morgan fingerprint density at radius 2 is 1.89 bits per heavy atom. The number of aryl methyl sites for hydroxylation is 1. The zero-order chi connectivity index (χ0) is 14.0. The van der Waals surface area contributed by atoms with Crippen molar-refractivity contribution in [3.8, 4) is 0 Å². The Bertz CT molecular complexity index is 439. The zero-order valence-corrected chi connectivity index (χ0v) is 11.7. The molecule has 1 saturated carbocycles. The lowest BCUT2D eigenvalue weighted by atomic mass is 9.72. The van der Waals surface area contributed by atoms with Gasteiger partial charge in [-0.2, -0.15) is 13.2 Å². The molecule has 106 valence electrons. The number of halogens is 3. The summed E-state index contributed by atoms with van der Waals surface area (Å²) in [6.07, 6.45) is 3.07. The molecule has 1 aromatic rings. The van der Waals surface area contributed by atoms with Crippen LogP contribution in [-0.2, 0) is 6.42 Å². The maximum absolute atomic E-state index is 12.4. The third kappa shape index (κ3) is 4.42. The average molecular weight is 289 g/mol. The lowest BCUT2D eigenvalue weighted by molar-refractivity contribution is -0.0328. The molecule has 1 aromatic carbocycles. The van der Waals surface area contributed by atoms with Gasteiger partial charge in [0.1, 0.15) is 0 Å². The predicted molar refractivity (Wildman–Crippen MR) is 72.1 cm³/mol. The van der Waals surface area contributed by atoms with Gasteiger partial charge in [-0.25, -0.2) is 0 Å². The minimum absolute atomic E-state index is 0.0332. The molecule has 0 aromatic heterocycles. The Morgan fingerprint density at radius 3 is 2.47 bits per heavy atom. The summed E-state index contributed by atoms with van der Waals surface area (Å²) in [6.45, 7) is 2.56. The summed E-state index contributed by atoms with van der Waals surface area (Å²) in [5.41, 5.74) is 3.26. The van der Waals surface area contributed by atoms with Crippen LogP contribution in [0, 0.1) is 18.8 Å². The standard InChI is InChI=1S/C14H18F3NS/c1-9-2-10(4-11-5-12(6-11)8-18)7-13(3-9)19-14(15,16)17/h2-3,7,11-12H,4-6,8,18H2,1H3. The third-order valence-corrected chi connectivity index (χ3v) is 4.24. The second-order valence-corrected chi connectivity index (χ2v) is 6.48. The summed E-state index contributed by atoms with van der Waals surface area (Å²) >= 11 is -0.0332. The molecule has 2 rings (SSSR count). The number of benzene rings is 1. The smallest absolute Gasteiger partial charge is 0.330 e. The Hall–Kier alpha value is -0.680. The minimum Gasteiger partial charge on any atom is -0.330 e. The lowest BCUT2D eigenvalue weighted by Gasteiger charge is -2.34. The van der Waals surface area contributed by atoms with E-state index >= 15 is 0 Å². The van der Waals surface area contributed by atoms with Crippen molar-refractivity contribution in [2.24, 2.45) is 17.6 Å². The van der Waals surface area contributed by atoms with Crippen molar-refractivity contribution >= 4 is 11.8 Å². The molecule has 0 bridgehead atoms. The Kier molecular flexibility index (Phi) is 4.46. The molecule has 2 N–H and O–H groups in total. The average Bonchev–Trinajstić information content (AvgIpc) is 2.19. The first-order chi connectivity index (χ1) is 8.85. The van der Waals surface area contributed by atoms with Crippen LogP contribution in [-0.4, -0.2) is 12.1 Å². The van der Waals surface area contributed by atoms with Gasteiger partial charge in [0.2, 0.25) is 0 Å². The summed E-state index contributed by atoms with van der Waals surface area (Å²) in [5, 5.41) is 0. The molecule has 0 radical (unpaired) electrons. The lowest BCUT2D eigenvalue weighted by Crippen LogP contribution is -2.31. The molecule has 0 unspecified atom stereocenters. The van der Waals surface area contributed by atoms with E-state index in [1.165, 1.54) is 0 Å². The van der Waals surface area contributed by atoms with E-state index in [0.717, 1.165) is 36.9 Å². The van der Waals surface area contributed by atoms with Gasteiger partial charge in [-0.15, -0.1) is 0 Å². The number of hydrogen-bond acceptors (Lipinski definition) is 2. The Labute approximate surface area is 115 Å². The molecule has 1 nitrogen and oxygen atoms in total. The summed E-state index contributed by atoms with van der Waals surface area (Å²) in [4.78, 5) is 0.289. The molecular weight excluding hydrogens is 271 g/mol. The SMILES string of the molecule is Cc1cc(CC2CC(CN)C2)cc(SC(F)(F)F)c1. The first kappa shape index (κ1) is 14.7. The summed E-state index contributed by atoms with van der Waals surface area (Å²) < 4.78 is 37.2. The molecule has 0 spiro atoms. The van der Waals surface area contributed by atoms with Crippen LogP contribution < -0.4 is 5.73 Å². The van der Waals surface area contributed by atoms with Crippen molar-refractivity contribution in [1.82, 2.24) is 0 Å². The van der Waals surface area contributed by atoms with Crippen LogP contribution in [0.25, 0.3) is 0 Å². The first-order valence-electron chi connectivity index (χ1n) is 6.42. The largest absolute Gasteiger partial charge is 0.446 e. The van der Waals surface area contributed by atoms with Crippen LogP contribution in [0.1, 0.15) is 24.0 Å². The summed E-state index contributed by atoms with van der Waals surface area (Å²) in [6, 6.07) is 5.24. The van der Waals surface area contributed by atoms with Crippen LogP contribution in [0.3, 0.4) is 0 Å². The van der Waals surface area contributed by atoms with Gasteiger partial charge in [0.05, 0.1) is 0 Å². The highest BCUT2D eigenvalue weighted by molar-refractivity contribution is 8.00. The molecule has 1 aliphatic carbocycles. The van der Waals surface area contributed by atoms with Crippen LogP contribution in [0.5, 0.6) is 0 Å². The van der Waals surface area contributed by atoms with Gasteiger partial charge in [-0.1, -0.05) is 6.07 Å². The van der Waals surface area contributed by atoms with E-state index in [0.29, 0.717) is 11.8 Å². The Morgan fingerprint density at radius 1 is 1.21 bits per heavy atom. The monoisotopic (exact) mass is 289 g/mol. The van der Waals surface area contributed by atoms with Gasteiger partial charge in [-0.3, -0.25) is 0 Å². The van der Waals surface area contributed by atoms with E-state index < -0.39 is 5.51 Å². The fourth-order valence-corrected chi connectivity index (χ4v) is 3.42. The zero-order valence-electron chi connectivity index (χ0n) is 10.8. The molecule has 19 heavy (non-hydrogen) atoms. The van der Waals surface area contributed by atoms with Crippen LogP contribution in [0.2, 0.25) is 0 Å². The van der Waals surface area contributed by atoms with Gasteiger partial charge < -0.3 is 5.73 Å². The van der Waals surface area contributed by atoms with Crippen molar-refractivity contribution in [1.29, 1.82) is 0 Å². The van der Waals surface area contributed by atoms with Gasteiger partial charge in [0.15, 0.2) is 0 Å². The first-order valence-corrected chi connectivity index (χ1v) is 7.24. The number of hydrogen-bond donors (Lipinski definition) is 1. The molecule has 0 amide bonds. The maximum atomic E-state index is 12.4. The van der Waals surface area contributed by atoms with Crippen LogP contribution >= 0.6 is 11.8 Å². The van der Waals surface area contributed by atoms with Gasteiger partial charge in [0.25, 0.3) is 0 Å². The topological polar surface area (TPSA) is 26.0 Å². The van der Waals surface area contributed by atoms with Gasteiger partial charge in [0, 0.05) is 4.90 Å². The fraction of sp³-hybridized carbons (Fsp3) is 0.571. The van der Waals surface area contributed by atoms with E-state index in [2.05, 4.69) is 0 Å². The highest BCUT2D eigenvalue weighted by Gasteiger charge is 2.30. The van der Waals surface area contributed by atoms with Crippen molar-refractivity contribution in [3.05, 3.63) is 29.3 Å². The number of thioether (sulfide) groups is 1. The van der Waals surface area contributed by atoms with Crippen molar-refractivity contribution in [3.63, 3.8) is 0 Å². The fourth-order valence-electron chi connectivity index (χ4n) is 2.70. The van der Waals surface area contributed by atoms with Crippen molar-refractivity contribution in [2.75, 3.05) is 6.54 Å². The molecule has 0 aliphatic heterocycles.